The van der Waals surface area contributed by atoms with Gasteiger partial charge in [-0.25, -0.2) is 0 Å². The Morgan fingerprint density at radius 2 is 2.12 bits per heavy atom. The molecule has 16 heavy (non-hydrogen) atoms. The Morgan fingerprint density at radius 3 is 2.69 bits per heavy atom. The van der Waals surface area contributed by atoms with E-state index in [-0.39, 0.29) is 5.69 Å². The van der Waals surface area contributed by atoms with Crippen LogP contribution in [0.15, 0.2) is 23.1 Å². The topological polar surface area (TPSA) is 69.2 Å². The molecule has 2 N–H and O–H groups in total. The lowest BCUT2D eigenvalue weighted by Crippen LogP contribution is -1.93. The molecule has 1 aromatic rings. The number of hydrogen-bond donors (Lipinski definition) is 1. The van der Waals surface area contributed by atoms with Gasteiger partial charge in [0.05, 0.1) is 4.92 Å². The van der Waals surface area contributed by atoms with Gasteiger partial charge in [-0.3, -0.25) is 10.1 Å². The fraction of sp³-hybridized carbons (Fsp3) is 0.455. The number of nitrogen functional groups attached to an aromatic ring is 1. The van der Waals surface area contributed by atoms with E-state index < -0.39 is 4.92 Å². The molecule has 0 atom stereocenters. The molecule has 0 aliphatic carbocycles. The van der Waals surface area contributed by atoms with Gasteiger partial charge in [0, 0.05) is 22.7 Å². The van der Waals surface area contributed by atoms with E-state index in [9.17, 15) is 10.1 Å². The molecule has 88 valence electrons. The van der Waals surface area contributed by atoms with Crippen LogP contribution in [0.4, 0.5) is 11.4 Å². The van der Waals surface area contributed by atoms with Gasteiger partial charge in [0.1, 0.15) is 0 Å². The molecule has 0 radical (unpaired) electrons. The van der Waals surface area contributed by atoms with Crippen LogP contribution >= 0.6 is 11.8 Å². The zero-order chi connectivity index (χ0) is 12.1. The molecular weight excluding hydrogens is 224 g/mol. The average molecular weight is 240 g/mol. The summed E-state index contributed by atoms with van der Waals surface area (Å²) in [5.41, 5.74) is 6.12. The van der Waals surface area contributed by atoms with E-state index in [1.54, 1.807) is 23.9 Å². The zero-order valence-electron chi connectivity index (χ0n) is 9.47. The first kappa shape index (κ1) is 12.8. The highest BCUT2D eigenvalue weighted by molar-refractivity contribution is 7.99. The van der Waals surface area contributed by atoms with Crippen LogP contribution < -0.4 is 5.73 Å². The van der Waals surface area contributed by atoms with Gasteiger partial charge in [0.2, 0.25) is 0 Å². The fourth-order valence-electron chi connectivity index (χ4n) is 1.21. The van der Waals surface area contributed by atoms with Gasteiger partial charge in [-0.15, -0.1) is 11.8 Å². The van der Waals surface area contributed by atoms with Crippen LogP contribution in [0.25, 0.3) is 0 Å². The fourth-order valence-corrected chi connectivity index (χ4v) is 2.46. The maximum absolute atomic E-state index is 10.6. The Hall–Kier alpha value is -1.23. The van der Waals surface area contributed by atoms with Crippen molar-refractivity contribution in [3.05, 3.63) is 28.3 Å². The predicted molar refractivity (Wildman–Crippen MR) is 67.7 cm³/mol. The number of benzene rings is 1. The summed E-state index contributed by atoms with van der Waals surface area (Å²) in [6, 6.07) is 4.73. The number of thioether (sulfide) groups is 1. The van der Waals surface area contributed by atoms with E-state index in [0.717, 1.165) is 17.1 Å². The van der Waals surface area contributed by atoms with Crippen LogP contribution in [0.5, 0.6) is 0 Å². The van der Waals surface area contributed by atoms with Gasteiger partial charge in [-0.05, 0) is 24.2 Å². The summed E-state index contributed by atoms with van der Waals surface area (Å²) in [5.74, 6) is 1.60. The number of nitro groups is 1. The van der Waals surface area contributed by atoms with Gasteiger partial charge < -0.3 is 5.73 Å². The number of anilines is 1. The van der Waals surface area contributed by atoms with Crippen molar-refractivity contribution in [3.8, 4) is 0 Å². The van der Waals surface area contributed by atoms with Gasteiger partial charge in [-0.1, -0.05) is 13.8 Å². The Labute approximate surface area is 99.4 Å². The Kier molecular flexibility index (Phi) is 4.61. The van der Waals surface area contributed by atoms with Gasteiger partial charge >= 0.3 is 0 Å². The van der Waals surface area contributed by atoms with Crippen LogP contribution in [0.2, 0.25) is 0 Å². The lowest BCUT2D eigenvalue weighted by molar-refractivity contribution is -0.385. The second-order valence-electron chi connectivity index (χ2n) is 4.05. The van der Waals surface area contributed by atoms with Crippen molar-refractivity contribution >= 4 is 23.1 Å². The molecule has 4 nitrogen and oxygen atoms in total. The standard InChI is InChI=1S/C11H16N2O2S/c1-8(2)3-4-16-11-6-9(12)5-10(7-11)13(14)15/h5-8H,3-4,12H2,1-2H3. The van der Waals surface area contributed by atoms with Crippen LogP contribution in [0.3, 0.4) is 0 Å². The summed E-state index contributed by atoms with van der Waals surface area (Å²) in [6.07, 6.45) is 1.09. The molecule has 0 saturated carbocycles. The Bertz CT molecular complexity index is 380. The van der Waals surface area contributed by atoms with E-state index in [1.165, 1.54) is 6.07 Å². The lowest BCUT2D eigenvalue weighted by Gasteiger charge is -2.05. The quantitative estimate of drug-likeness (QED) is 0.371. The zero-order valence-corrected chi connectivity index (χ0v) is 10.3. The molecule has 0 aromatic heterocycles. The summed E-state index contributed by atoms with van der Waals surface area (Å²) < 4.78 is 0. The Morgan fingerprint density at radius 1 is 1.44 bits per heavy atom. The molecule has 0 spiro atoms. The molecule has 0 bridgehead atoms. The van der Waals surface area contributed by atoms with Crippen LogP contribution in [0, 0.1) is 16.0 Å². The van der Waals surface area contributed by atoms with E-state index >= 15 is 0 Å². The second kappa shape index (κ2) is 5.75. The van der Waals surface area contributed by atoms with Crippen LogP contribution in [-0.4, -0.2) is 10.7 Å². The minimum atomic E-state index is -0.414. The third-order valence-corrected chi connectivity index (χ3v) is 3.10. The minimum Gasteiger partial charge on any atom is -0.398 e. The number of nitro benzene ring substituents is 1. The first-order valence-corrected chi connectivity index (χ1v) is 6.15. The Balaban J connectivity index is 2.69. The van der Waals surface area contributed by atoms with Crippen molar-refractivity contribution in [1.82, 2.24) is 0 Å². The molecule has 1 aromatic carbocycles. The number of nitrogens with zero attached hydrogens (tertiary/aromatic N) is 1. The molecule has 0 saturated heterocycles. The van der Waals surface area contributed by atoms with Gasteiger partial charge in [0.15, 0.2) is 0 Å². The number of non-ortho nitro benzene ring substituents is 1. The van der Waals surface area contributed by atoms with Gasteiger partial charge in [-0.2, -0.15) is 0 Å². The van der Waals surface area contributed by atoms with E-state index in [1.807, 2.05) is 0 Å². The predicted octanol–water partition coefficient (Wildman–Crippen LogP) is 3.32. The molecule has 0 fully saturated rings. The monoisotopic (exact) mass is 240 g/mol. The molecule has 0 aliphatic heterocycles. The first-order chi connectivity index (χ1) is 7.49. The van der Waals surface area contributed by atoms with Crippen molar-refractivity contribution in [2.75, 3.05) is 11.5 Å². The maximum Gasteiger partial charge on any atom is 0.272 e. The van der Waals surface area contributed by atoms with E-state index in [0.29, 0.717) is 11.6 Å². The highest BCUT2D eigenvalue weighted by Gasteiger charge is 2.08. The summed E-state index contributed by atoms with van der Waals surface area (Å²) in [4.78, 5) is 11.1. The van der Waals surface area contributed by atoms with E-state index in [2.05, 4.69) is 13.8 Å². The van der Waals surface area contributed by atoms with E-state index in [4.69, 9.17) is 5.73 Å². The molecule has 0 aliphatic rings. The van der Waals surface area contributed by atoms with Crippen molar-refractivity contribution in [2.45, 2.75) is 25.2 Å². The van der Waals surface area contributed by atoms with Crippen molar-refractivity contribution in [1.29, 1.82) is 0 Å². The highest BCUT2D eigenvalue weighted by atomic mass is 32.2. The van der Waals surface area contributed by atoms with Crippen molar-refractivity contribution in [3.63, 3.8) is 0 Å². The van der Waals surface area contributed by atoms with Crippen LogP contribution in [0.1, 0.15) is 20.3 Å². The number of nitrogens with two attached hydrogens (primary N) is 1. The number of hydrogen-bond acceptors (Lipinski definition) is 4. The molecule has 0 amide bonds. The normalized spacial score (nSPS) is 10.7. The van der Waals surface area contributed by atoms with Crippen molar-refractivity contribution < 1.29 is 4.92 Å². The summed E-state index contributed by atoms with van der Waals surface area (Å²) >= 11 is 1.61. The molecule has 1 rings (SSSR count). The van der Waals surface area contributed by atoms with Crippen molar-refractivity contribution in [2.24, 2.45) is 5.92 Å². The molecular formula is C11H16N2O2S. The lowest BCUT2D eigenvalue weighted by atomic mass is 10.2. The maximum atomic E-state index is 10.6. The summed E-state index contributed by atoms with van der Waals surface area (Å²) in [7, 11) is 0. The molecule has 0 unspecified atom stereocenters. The summed E-state index contributed by atoms with van der Waals surface area (Å²) in [5, 5.41) is 10.6. The molecule has 5 heteroatoms. The minimum absolute atomic E-state index is 0.0621. The first-order valence-electron chi connectivity index (χ1n) is 5.17. The number of rotatable bonds is 5. The third kappa shape index (κ3) is 4.10. The van der Waals surface area contributed by atoms with Crippen LogP contribution in [-0.2, 0) is 0 Å². The highest BCUT2D eigenvalue weighted by Crippen LogP contribution is 2.27. The third-order valence-electron chi connectivity index (χ3n) is 2.09. The average Bonchev–Trinajstić information content (AvgIpc) is 2.16. The smallest absolute Gasteiger partial charge is 0.272 e. The van der Waals surface area contributed by atoms with Gasteiger partial charge in [0.25, 0.3) is 5.69 Å². The largest absolute Gasteiger partial charge is 0.398 e. The SMILES string of the molecule is CC(C)CCSc1cc(N)cc([N+](=O)[O-])c1. The molecule has 0 heterocycles. The second-order valence-corrected chi connectivity index (χ2v) is 5.22. The summed E-state index contributed by atoms with van der Waals surface area (Å²) in [6.45, 7) is 4.31.